The van der Waals surface area contributed by atoms with Crippen molar-refractivity contribution in [2.75, 3.05) is 0 Å². The molecule has 5 aromatic rings. The number of halogens is 1. The lowest BCUT2D eigenvalue weighted by molar-refractivity contribution is 0.0938. The van der Waals surface area contributed by atoms with Crippen LogP contribution in [-0.4, -0.2) is 26.6 Å². The molecule has 0 aliphatic heterocycles. The van der Waals surface area contributed by atoms with Crippen LogP contribution in [0.4, 0.5) is 0 Å². The van der Waals surface area contributed by atoms with E-state index in [1.807, 2.05) is 92.4 Å². The second kappa shape index (κ2) is 9.90. The molecule has 0 radical (unpaired) electrons. The highest BCUT2D eigenvalue weighted by atomic mass is 35.5. The average Bonchev–Trinajstić information content (AvgIpc) is 3.50. The van der Waals surface area contributed by atoms with Crippen molar-refractivity contribution in [1.82, 2.24) is 20.1 Å². The summed E-state index contributed by atoms with van der Waals surface area (Å²) in [6.45, 7) is 2.10. The van der Waals surface area contributed by atoms with Crippen molar-refractivity contribution in [2.45, 2.75) is 25.4 Å². The second-order valence-electron chi connectivity index (χ2n) is 8.97. The number of nitrogens with one attached hydrogen (secondary N) is 2. The number of hydrogen-bond acceptors (Lipinski definition) is 3. The van der Waals surface area contributed by atoms with Crippen molar-refractivity contribution < 1.29 is 4.79 Å². The van der Waals surface area contributed by atoms with Gasteiger partial charge in [-0.2, -0.15) is 5.10 Å². The number of aromatic nitrogens is 3. The second-order valence-corrected chi connectivity index (χ2v) is 9.41. The van der Waals surface area contributed by atoms with Crippen molar-refractivity contribution in [3.8, 4) is 11.1 Å². The fraction of sp³-hybridized carbons (Fsp3) is 0.172. The van der Waals surface area contributed by atoms with E-state index >= 15 is 0 Å². The fourth-order valence-electron chi connectivity index (χ4n) is 4.52. The first kappa shape index (κ1) is 23.1. The number of aryl methyl sites for hydroxylation is 1. The lowest BCUT2D eigenvalue weighted by Crippen LogP contribution is -2.36. The van der Waals surface area contributed by atoms with Gasteiger partial charge in [0.25, 0.3) is 0 Å². The van der Waals surface area contributed by atoms with Gasteiger partial charge in [-0.25, -0.2) is 0 Å². The summed E-state index contributed by atoms with van der Waals surface area (Å²) in [7, 11) is 1.90. The van der Waals surface area contributed by atoms with E-state index < -0.39 is 6.04 Å². The van der Waals surface area contributed by atoms with E-state index in [4.69, 9.17) is 11.6 Å². The number of carbonyl (C=O) groups excluding carboxylic acids is 1. The number of carbonyl (C=O) groups is 1. The van der Waals surface area contributed by atoms with Gasteiger partial charge in [-0.15, -0.1) is 0 Å². The third kappa shape index (κ3) is 5.06. The topological polar surface area (TPSA) is 62.7 Å². The van der Waals surface area contributed by atoms with E-state index in [1.165, 1.54) is 5.56 Å². The zero-order chi connectivity index (χ0) is 24.4. The molecule has 2 aromatic heterocycles. The molecule has 0 fully saturated rings. The Hall–Kier alpha value is -3.67. The molecule has 0 spiro atoms. The largest absolute Gasteiger partial charge is 0.360 e. The number of benzene rings is 3. The minimum atomic E-state index is -0.462. The molecule has 0 aliphatic rings. The molecule has 2 heterocycles. The number of H-pyrrole nitrogens is 1. The van der Waals surface area contributed by atoms with E-state index in [0.717, 1.165) is 39.0 Å². The molecule has 0 bridgehead atoms. The summed E-state index contributed by atoms with van der Waals surface area (Å²) >= 11 is 6.04. The third-order valence-electron chi connectivity index (χ3n) is 6.29. The number of hydrogen-bond donors (Lipinski definition) is 2. The highest BCUT2D eigenvalue weighted by Gasteiger charge is 2.26. The molecule has 2 unspecified atom stereocenters. The molecule has 0 amide bonds. The van der Waals surface area contributed by atoms with Crippen molar-refractivity contribution in [2.24, 2.45) is 7.05 Å². The Kier molecular flexibility index (Phi) is 6.53. The van der Waals surface area contributed by atoms with Crippen LogP contribution in [-0.2, 0) is 13.5 Å². The molecule has 35 heavy (non-hydrogen) atoms. The van der Waals surface area contributed by atoms with Crippen LogP contribution in [0.1, 0.15) is 34.5 Å². The van der Waals surface area contributed by atoms with Gasteiger partial charge in [-0.3, -0.25) is 9.48 Å². The monoisotopic (exact) mass is 482 g/mol. The SMILES string of the molecule is CC(Cc1ccc(Cl)cc1)NC(C(=O)c1c[nH]c2cc(-c3cnn(C)c3)ccc12)c1ccccc1. The maximum atomic E-state index is 13.9. The molecule has 0 saturated heterocycles. The maximum Gasteiger partial charge on any atom is 0.186 e. The molecular weight excluding hydrogens is 456 g/mol. The third-order valence-corrected chi connectivity index (χ3v) is 6.54. The van der Waals surface area contributed by atoms with Crippen molar-refractivity contribution in [3.63, 3.8) is 0 Å². The number of fused-ring (bicyclic) bond motifs is 1. The molecule has 2 atom stereocenters. The summed E-state index contributed by atoms with van der Waals surface area (Å²) in [5, 5.41) is 9.48. The number of Topliss-reactive ketones (excluding diaryl/α,β-unsaturated/α-hetero) is 1. The molecule has 5 nitrogen and oxygen atoms in total. The predicted octanol–water partition coefficient (Wildman–Crippen LogP) is 6.37. The highest BCUT2D eigenvalue weighted by molar-refractivity contribution is 6.30. The standard InChI is InChI=1S/C29H27ClN4O/c1-19(14-20-8-11-24(30)12-9-20)33-28(21-6-4-3-5-7-21)29(35)26-17-31-27-15-22(10-13-25(26)27)23-16-32-34(2)18-23/h3-13,15-19,28,31,33H,14H2,1-2H3. The Morgan fingerprint density at radius 2 is 1.83 bits per heavy atom. The van der Waals surface area contributed by atoms with Crippen LogP contribution < -0.4 is 5.32 Å². The predicted molar refractivity (Wildman–Crippen MR) is 142 cm³/mol. The van der Waals surface area contributed by atoms with Gasteiger partial charge in [0.1, 0.15) is 0 Å². The van der Waals surface area contributed by atoms with Crippen LogP contribution >= 0.6 is 11.6 Å². The number of nitrogens with zero attached hydrogens (tertiary/aromatic N) is 2. The molecule has 0 aliphatic carbocycles. The quantitative estimate of drug-likeness (QED) is 0.253. The summed E-state index contributed by atoms with van der Waals surface area (Å²) < 4.78 is 1.78. The van der Waals surface area contributed by atoms with Gasteiger partial charge in [0.15, 0.2) is 5.78 Å². The molecular formula is C29H27ClN4O. The van der Waals surface area contributed by atoms with Gasteiger partial charge in [0.05, 0.1) is 12.2 Å². The minimum absolute atomic E-state index is 0.0412. The van der Waals surface area contributed by atoms with Crippen molar-refractivity contribution in [1.29, 1.82) is 0 Å². The van der Waals surface area contributed by atoms with E-state index in [2.05, 4.69) is 28.4 Å². The first-order valence-corrected chi connectivity index (χ1v) is 12.1. The number of ketones is 1. The molecule has 5 rings (SSSR count). The molecule has 2 N–H and O–H groups in total. The van der Waals surface area contributed by atoms with Crippen molar-refractivity contribution in [3.05, 3.63) is 113 Å². The number of rotatable bonds is 8. The molecule has 6 heteroatoms. The van der Waals surface area contributed by atoms with Crippen LogP contribution in [0, 0.1) is 0 Å². The Morgan fingerprint density at radius 3 is 2.54 bits per heavy atom. The fourth-order valence-corrected chi connectivity index (χ4v) is 4.65. The zero-order valence-corrected chi connectivity index (χ0v) is 20.5. The van der Waals surface area contributed by atoms with Crippen LogP contribution in [0.2, 0.25) is 5.02 Å². The number of aromatic amines is 1. The van der Waals surface area contributed by atoms with Gasteiger partial charge in [0, 0.05) is 52.5 Å². The molecule has 3 aromatic carbocycles. The Labute approximate surface area is 209 Å². The van der Waals surface area contributed by atoms with E-state index in [-0.39, 0.29) is 11.8 Å². The first-order valence-electron chi connectivity index (χ1n) is 11.7. The summed E-state index contributed by atoms with van der Waals surface area (Å²) in [6, 6.07) is 23.5. The summed E-state index contributed by atoms with van der Waals surface area (Å²) in [5.74, 6) is 0.0412. The van der Waals surface area contributed by atoms with Crippen LogP contribution in [0.5, 0.6) is 0 Å². The van der Waals surface area contributed by atoms with Gasteiger partial charge < -0.3 is 10.3 Å². The average molecular weight is 483 g/mol. The van der Waals surface area contributed by atoms with Crippen molar-refractivity contribution >= 4 is 28.3 Å². The van der Waals surface area contributed by atoms with Gasteiger partial charge >= 0.3 is 0 Å². The summed E-state index contributed by atoms with van der Waals surface area (Å²) in [6.07, 6.45) is 6.43. The smallest absolute Gasteiger partial charge is 0.186 e. The highest BCUT2D eigenvalue weighted by Crippen LogP contribution is 2.29. The summed E-state index contributed by atoms with van der Waals surface area (Å²) in [5.41, 5.74) is 5.82. The molecule has 0 saturated carbocycles. The van der Waals surface area contributed by atoms with Gasteiger partial charge in [-0.05, 0) is 48.2 Å². The Balaban J connectivity index is 1.43. The van der Waals surface area contributed by atoms with Gasteiger partial charge in [0.2, 0.25) is 0 Å². The molecule has 176 valence electrons. The first-order chi connectivity index (χ1) is 17.0. The van der Waals surface area contributed by atoms with Crippen LogP contribution in [0.25, 0.3) is 22.0 Å². The van der Waals surface area contributed by atoms with Gasteiger partial charge in [-0.1, -0.05) is 66.2 Å². The van der Waals surface area contributed by atoms with E-state index in [0.29, 0.717) is 5.56 Å². The minimum Gasteiger partial charge on any atom is -0.360 e. The Morgan fingerprint density at radius 1 is 1.06 bits per heavy atom. The zero-order valence-electron chi connectivity index (χ0n) is 19.7. The van der Waals surface area contributed by atoms with Crippen LogP contribution in [0.3, 0.4) is 0 Å². The lowest BCUT2D eigenvalue weighted by atomic mass is 9.95. The maximum absolute atomic E-state index is 13.9. The summed E-state index contributed by atoms with van der Waals surface area (Å²) in [4.78, 5) is 17.2. The van der Waals surface area contributed by atoms with E-state index in [1.54, 1.807) is 4.68 Å². The van der Waals surface area contributed by atoms with E-state index in [9.17, 15) is 4.79 Å². The lowest BCUT2D eigenvalue weighted by Gasteiger charge is -2.23. The normalized spacial score (nSPS) is 13.1. The Bertz CT molecular complexity index is 1450. The van der Waals surface area contributed by atoms with Crippen LogP contribution in [0.15, 0.2) is 91.4 Å².